The zero-order chi connectivity index (χ0) is 63.4. The number of hydrogen-bond donors (Lipinski definition) is 6. The molecule has 0 radical (unpaired) electrons. The number of aliphatic hydroxyl groups is 4. The van der Waals surface area contributed by atoms with E-state index in [4.69, 9.17) is 51.7 Å². The molecule has 3 fully saturated rings. The highest BCUT2D eigenvalue weighted by molar-refractivity contribution is 7.86. The predicted octanol–water partition coefficient (Wildman–Crippen LogP) is 3.45. The van der Waals surface area contributed by atoms with E-state index in [1.54, 1.807) is 72.1 Å². The Kier molecular flexibility index (Phi) is 26.7. The lowest BCUT2D eigenvalue weighted by Gasteiger charge is -2.49. The number of carbonyl (C=O) groups excluding carboxylic acids is 1. The number of esters is 1. The van der Waals surface area contributed by atoms with Gasteiger partial charge < -0.3 is 87.8 Å². The third kappa shape index (κ3) is 18.4. The average Bonchev–Trinajstić information content (AvgIpc) is 2.51. The number of methoxy groups -OCH3 is 2. The molecule has 1 aromatic carbocycles. The first-order chi connectivity index (χ1) is 39.9. The number of likely N-dealkylation sites (N-methyl/N-ethyl adjacent to an activating group) is 1. The number of carbonyl (C=O) groups is 2. The summed E-state index contributed by atoms with van der Waals surface area (Å²) in [4.78, 5) is 46.5. The molecule has 3 aliphatic rings. The number of benzene rings is 1. The van der Waals surface area contributed by atoms with Crippen molar-refractivity contribution in [1.29, 1.82) is 0 Å². The van der Waals surface area contributed by atoms with Crippen LogP contribution in [0.3, 0.4) is 0 Å². The minimum absolute atomic E-state index is 0.0294. The number of aliphatic hydroxyl groups excluding tert-OH is 2. The fourth-order valence-corrected chi connectivity index (χ4v) is 13.3. The maximum absolute atomic E-state index is 14.7. The van der Waals surface area contributed by atoms with Crippen LogP contribution in [0.4, 0.5) is 0 Å². The highest BCUT2D eigenvalue weighted by Crippen LogP contribution is 2.42. The first kappa shape index (κ1) is 71.9. The summed E-state index contributed by atoms with van der Waals surface area (Å²) in [5.41, 5.74) is -4.33. The van der Waals surface area contributed by atoms with Gasteiger partial charge in [0, 0.05) is 75.7 Å². The van der Waals surface area contributed by atoms with Gasteiger partial charge in [0.2, 0.25) is 12.2 Å². The summed E-state index contributed by atoms with van der Waals surface area (Å²) in [7, 11) is 2.29. The number of nitrogens with zero attached hydrogens (tertiary/aromatic N) is 3. The number of fused-ring (bicyclic) bond motifs is 1. The molecule has 0 spiro atoms. The Morgan fingerprint density at radius 3 is 2.21 bits per heavy atom. The Balaban J connectivity index is 1.27. The number of aryl methyl sites for hydroxylation is 1. The molecule has 25 nitrogen and oxygen atoms in total. The number of carboxylic acid groups (broad SMARTS) is 1. The average molecular weight is 1230 g/mol. The molecule has 85 heavy (non-hydrogen) atoms. The van der Waals surface area contributed by atoms with Crippen molar-refractivity contribution in [2.75, 3.05) is 80.4 Å². The maximum atomic E-state index is 14.7. The van der Waals surface area contributed by atoms with E-state index in [-0.39, 0.29) is 69.8 Å². The van der Waals surface area contributed by atoms with E-state index in [0.29, 0.717) is 43.4 Å². The fraction of sp³-hybridized carbons (Fsp3) is 0.797. The van der Waals surface area contributed by atoms with E-state index >= 15 is 0 Å². The summed E-state index contributed by atoms with van der Waals surface area (Å²) in [6.07, 6.45) is -9.29. The number of nitrogens with one attached hydrogen (secondary N) is 1. The quantitative estimate of drug-likeness (QED) is 0.0258. The van der Waals surface area contributed by atoms with Crippen molar-refractivity contribution in [3.63, 3.8) is 0 Å². The Morgan fingerprint density at radius 2 is 1.59 bits per heavy atom. The summed E-state index contributed by atoms with van der Waals surface area (Å²) in [5.74, 6) is -6.24. The number of rotatable bonds is 26. The van der Waals surface area contributed by atoms with Gasteiger partial charge in [-0.25, -0.2) is 4.79 Å². The number of aromatic nitrogens is 1. The zero-order valence-corrected chi connectivity index (χ0v) is 53.2. The number of ether oxygens (including phenoxy) is 9. The first-order valence-corrected chi connectivity index (χ1v) is 31.2. The Labute approximate surface area is 500 Å². The van der Waals surface area contributed by atoms with Crippen molar-refractivity contribution >= 4 is 38.7 Å². The summed E-state index contributed by atoms with van der Waals surface area (Å²) >= 11 is 0. The molecule has 2 aromatic rings. The highest BCUT2D eigenvalue weighted by Gasteiger charge is 2.54. The molecule has 0 unspecified atom stereocenters. The molecular weight excluding hydrogens is 1130 g/mol. The minimum atomic E-state index is -4.21. The van der Waals surface area contributed by atoms with E-state index in [9.17, 15) is 48.3 Å². The van der Waals surface area contributed by atoms with Crippen molar-refractivity contribution in [3.05, 3.63) is 45.7 Å². The number of hydrogen-bond acceptors (Lipinski definition) is 23. The van der Waals surface area contributed by atoms with Gasteiger partial charge in [0.05, 0.1) is 91.0 Å². The molecule has 4 heterocycles. The monoisotopic (exact) mass is 1230 g/mol. The van der Waals surface area contributed by atoms with Gasteiger partial charge in [-0.3, -0.25) is 13.8 Å². The van der Waals surface area contributed by atoms with E-state index < -0.39 is 135 Å². The van der Waals surface area contributed by atoms with Gasteiger partial charge in [-0.05, 0) is 106 Å². The topological polar surface area (TPSA) is 321 Å². The van der Waals surface area contributed by atoms with Gasteiger partial charge in [0.25, 0.3) is 10.1 Å². The smallest absolute Gasteiger partial charge is 0.341 e. The van der Waals surface area contributed by atoms with E-state index in [2.05, 4.69) is 10.5 Å². The zero-order valence-electron chi connectivity index (χ0n) is 52.4. The largest absolute Gasteiger partial charge is 0.477 e. The van der Waals surface area contributed by atoms with Crippen LogP contribution in [0.5, 0.6) is 0 Å². The number of aromatic carboxylic acids is 1. The maximum Gasteiger partial charge on any atom is 0.341 e. The Morgan fingerprint density at radius 1 is 0.906 bits per heavy atom. The van der Waals surface area contributed by atoms with E-state index in [0.717, 1.165) is 5.56 Å². The molecule has 3 aliphatic heterocycles. The lowest BCUT2D eigenvalue weighted by atomic mass is 9.73. The van der Waals surface area contributed by atoms with Crippen LogP contribution in [0.1, 0.15) is 118 Å². The predicted molar refractivity (Wildman–Crippen MR) is 313 cm³/mol. The number of oxime groups is 1. The molecule has 26 heteroatoms. The van der Waals surface area contributed by atoms with E-state index in [1.807, 2.05) is 38.9 Å². The van der Waals surface area contributed by atoms with Crippen LogP contribution in [0, 0.1) is 23.7 Å². The summed E-state index contributed by atoms with van der Waals surface area (Å²) in [5, 5.41) is 66.0. The third-order valence-corrected chi connectivity index (χ3v) is 18.2. The van der Waals surface area contributed by atoms with Crippen LogP contribution in [0.2, 0.25) is 0 Å². The minimum Gasteiger partial charge on any atom is -0.477 e. The number of cyclic esters (lactones) is 1. The normalized spacial score (nSPS) is 35.2. The molecule has 0 aliphatic carbocycles. The molecular formula is C59H98N4O21S. The molecule has 1 aromatic heterocycles. The van der Waals surface area contributed by atoms with Crippen LogP contribution in [-0.4, -0.2) is 226 Å². The van der Waals surface area contributed by atoms with Crippen molar-refractivity contribution in [2.45, 2.75) is 199 Å². The molecule has 486 valence electrons. The Bertz CT molecular complexity index is 2670. The lowest BCUT2D eigenvalue weighted by Crippen LogP contribution is -2.61. The van der Waals surface area contributed by atoms with Crippen molar-refractivity contribution < 1.29 is 95.2 Å². The van der Waals surface area contributed by atoms with Crippen LogP contribution in [0.25, 0.3) is 10.9 Å². The molecule has 6 N–H and O–H groups in total. The molecule has 3 saturated heterocycles. The number of pyridine rings is 1. The summed E-state index contributed by atoms with van der Waals surface area (Å²) in [6, 6.07) is 4.99. The molecule has 0 saturated carbocycles. The second-order valence-corrected chi connectivity index (χ2v) is 25.7. The number of carboxylic acids is 1. The van der Waals surface area contributed by atoms with Gasteiger partial charge in [-0.15, -0.1) is 0 Å². The van der Waals surface area contributed by atoms with Gasteiger partial charge in [0.15, 0.2) is 12.6 Å². The van der Waals surface area contributed by atoms with Gasteiger partial charge >= 0.3 is 11.9 Å². The SMILES string of the molecule is CC[C@@H]1OC(=O)[C@H](C)[C@@H](O[C@@H]2C[C@](C)(OC)[C@H](OS(=O)(=O)CCNCCOCCOCCc3ccc4c(c3)c(=O)c(C(=O)O)cn4CC)[C@H](C)O2)[C@H](C)[C@H](O[C@H]2O[C@@H](C)C[C@@H](N(C)C)[C@H]2O)[C@](C)(O)C[C@H](C)C(=NOCOC)[C@@H](C)[C@H](O)[C@]1(C)O. The van der Waals surface area contributed by atoms with Crippen LogP contribution < -0.4 is 10.7 Å². The third-order valence-electron chi connectivity index (χ3n) is 17.0. The van der Waals surface area contributed by atoms with E-state index in [1.165, 1.54) is 27.3 Å². The molecule has 5 rings (SSSR count). The molecule has 0 amide bonds. The molecule has 18 atom stereocenters. The molecule has 0 bridgehead atoms. The van der Waals surface area contributed by atoms with Crippen LogP contribution >= 0.6 is 0 Å². The summed E-state index contributed by atoms with van der Waals surface area (Å²) in [6.45, 7) is 20.1. The van der Waals surface area contributed by atoms with Gasteiger partial charge in [-0.2, -0.15) is 8.42 Å². The van der Waals surface area contributed by atoms with Crippen LogP contribution in [0.15, 0.2) is 34.3 Å². The standard InChI is InChI=1S/C59H98N4O21S/c1-16-45-59(11,71)51(66)36(5)47(61-78-33-74-14)34(3)30-57(9,70)52(83-56-49(65)44(62(12)13)28-35(4)79-56)37(6)50(38(7)55(69)81-45)82-46-31-58(10,75-15)53(39(8)80-46)84-85(72,73)27-22-60-21-24-77-26-25-76-23-20-40-18-19-43-41(29-40)48(64)42(54(67)68)32-63(43)17-2/h18-19,29,32,34-39,44-46,49-53,56,60,65-66,70-71H,16-17,20-28,30-31,33H2,1-15H3,(H,67,68)/t34-,35-,36+,37-,38+,39-,44+,45-,46+,49+,50-,51-,52-,53+,56+,57+,58-,59+/m0/s1. The fourth-order valence-electron chi connectivity index (χ4n) is 12.1. The second kappa shape index (κ2) is 31.6. The Hall–Kier alpha value is -3.81. The highest BCUT2D eigenvalue weighted by atomic mass is 32.2. The second-order valence-electron chi connectivity index (χ2n) is 24.0. The first-order valence-electron chi connectivity index (χ1n) is 29.6. The lowest BCUT2D eigenvalue weighted by molar-refractivity contribution is -0.316. The van der Waals surface area contributed by atoms with Crippen LogP contribution in [-0.2, 0) is 79.5 Å². The van der Waals surface area contributed by atoms with Crippen molar-refractivity contribution in [3.8, 4) is 0 Å². The van der Waals surface area contributed by atoms with Gasteiger partial charge in [-0.1, -0.05) is 38.9 Å². The van der Waals surface area contributed by atoms with Crippen molar-refractivity contribution in [1.82, 2.24) is 14.8 Å². The summed E-state index contributed by atoms with van der Waals surface area (Å²) < 4.78 is 89.9. The van der Waals surface area contributed by atoms with Crippen molar-refractivity contribution in [2.24, 2.45) is 28.8 Å². The van der Waals surface area contributed by atoms with Gasteiger partial charge in [0.1, 0.15) is 29.5 Å².